The van der Waals surface area contributed by atoms with E-state index < -0.39 is 0 Å². The number of hydrogen-bond donors (Lipinski definition) is 1. The lowest BCUT2D eigenvalue weighted by atomic mass is 10.2. The number of fused-ring (bicyclic) bond motifs is 1. The molecule has 0 bridgehead atoms. The number of thiophene rings is 1. The maximum Gasteiger partial charge on any atom is 0.234 e. The van der Waals surface area contributed by atoms with Crippen molar-refractivity contribution in [1.29, 1.82) is 0 Å². The van der Waals surface area contributed by atoms with Gasteiger partial charge in [0.15, 0.2) is 0 Å². The van der Waals surface area contributed by atoms with Crippen LogP contribution < -0.4 is 5.32 Å². The molecule has 0 aliphatic carbocycles. The third-order valence-electron chi connectivity index (χ3n) is 3.85. The predicted molar refractivity (Wildman–Crippen MR) is 110 cm³/mol. The number of rotatable bonds is 4. The number of benzene rings is 1. The van der Waals surface area contributed by atoms with Crippen LogP contribution in [0, 0.1) is 27.7 Å². The van der Waals surface area contributed by atoms with Crippen LogP contribution >= 0.6 is 39.0 Å². The molecule has 1 amide bonds. The zero-order valence-corrected chi connectivity index (χ0v) is 17.7. The Labute approximate surface area is 163 Å². The lowest BCUT2D eigenvalue weighted by Crippen LogP contribution is -2.14. The minimum atomic E-state index is -0.0522. The summed E-state index contributed by atoms with van der Waals surface area (Å²) < 4.78 is 0.885. The fourth-order valence-corrected chi connectivity index (χ4v) is 5.12. The van der Waals surface area contributed by atoms with Crippen LogP contribution in [0.5, 0.6) is 0 Å². The van der Waals surface area contributed by atoms with Gasteiger partial charge in [0.05, 0.1) is 11.4 Å². The third-order valence-corrected chi connectivity index (χ3v) is 6.58. The average molecular weight is 436 g/mol. The van der Waals surface area contributed by atoms with Gasteiger partial charge < -0.3 is 5.32 Å². The molecule has 1 N–H and O–H groups in total. The summed E-state index contributed by atoms with van der Waals surface area (Å²) in [7, 11) is 0. The van der Waals surface area contributed by atoms with Gasteiger partial charge in [0.1, 0.15) is 15.7 Å². The molecule has 7 heteroatoms. The van der Waals surface area contributed by atoms with E-state index in [4.69, 9.17) is 0 Å². The lowest BCUT2D eigenvalue weighted by Gasteiger charge is -2.09. The molecule has 2 heterocycles. The highest BCUT2D eigenvalue weighted by Gasteiger charge is 2.15. The molecule has 25 heavy (non-hydrogen) atoms. The van der Waals surface area contributed by atoms with E-state index in [0.29, 0.717) is 5.75 Å². The normalized spacial score (nSPS) is 11.1. The molecule has 1 aromatic carbocycles. The van der Waals surface area contributed by atoms with Crippen LogP contribution in [0.4, 0.5) is 5.69 Å². The summed E-state index contributed by atoms with van der Waals surface area (Å²) in [4.78, 5) is 23.6. The zero-order valence-electron chi connectivity index (χ0n) is 14.4. The molecular formula is C18H18BrN3OS2. The van der Waals surface area contributed by atoms with E-state index in [1.807, 2.05) is 32.0 Å². The fourth-order valence-electron chi connectivity index (χ4n) is 2.46. The number of nitrogens with zero attached hydrogens (tertiary/aromatic N) is 2. The van der Waals surface area contributed by atoms with Crippen LogP contribution in [0.25, 0.3) is 10.2 Å². The quantitative estimate of drug-likeness (QED) is 0.439. The highest BCUT2D eigenvalue weighted by Crippen LogP contribution is 2.35. The molecule has 0 saturated heterocycles. The highest BCUT2D eigenvalue weighted by molar-refractivity contribution is 9.10. The standard InChI is InChI=1S/C18H18BrN3OS2/c1-9-5-6-14(13(19)7-9)22-15(23)8-24-17-16-10(2)11(3)25-18(16)21-12(4)20-17/h5-7H,8H2,1-4H3,(H,22,23). The van der Waals surface area contributed by atoms with Crippen molar-refractivity contribution in [1.82, 2.24) is 9.97 Å². The van der Waals surface area contributed by atoms with Crippen molar-refractivity contribution in [2.24, 2.45) is 0 Å². The van der Waals surface area contributed by atoms with E-state index in [1.165, 1.54) is 22.2 Å². The van der Waals surface area contributed by atoms with Crippen molar-refractivity contribution in [2.45, 2.75) is 32.7 Å². The topological polar surface area (TPSA) is 54.9 Å². The number of amides is 1. The second-order valence-electron chi connectivity index (χ2n) is 5.86. The number of halogens is 1. The molecule has 130 valence electrons. The van der Waals surface area contributed by atoms with Gasteiger partial charge >= 0.3 is 0 Å². The van der Waals surface area contributed by atoms with Gasteiger partial charge in [0.25, 0.3) is 0 Å². The van der Waals surface area contributed by atoms with Crippen molar-refractivity contribution < 1.29 is 4.79 Å². The highest BCUT2D eigenvalue weighted by atomic mass is 79.9. The monoisotopic (exact) mass is 435 g/mol. The molecule has 0 aliphatic rings. The summed E-state index contributed by atoms with van der Waals surface area (Å²) in [5.41, 5.74) is 3.12. The zero-order chi connectivity index (χ0) is 18.1. The van der Waals surface area contributed by atoms with Gasteiger partial charge in [-0.2, -0.15) is 0 Å². The maximum atomic E-state index is 12.3. The van der Waals surface area contributed by atoms with Crippen molar-refractivity contribution in [3.63, 3.8) is 0 Å². The van der Waals surface area contributed by atoms with Gasteiger partial charge in [-0.15, -0.1) is 11.3 Å². The summed E-state index contributed by atoms with van der Waals surface area (Å²) >= 11 is 6.62. The van der Waals surface area contributed by atoms with E-state index in [9.17, 15) is 4.79 Å². The van der Waals surface area contributed by atoms with E-state index in [2.05, 4.69) is 45.1 Å². The average Bonchev–Trinajstić information content (AvgIpc) is 2.82. The molecule has 0 saturated carbocycles. The minimum Gasteiger partial charge on any atom is -0.324 e. The molecule has 0 aliphatic heterocycles. The van der Waals surface area contributed by atoms with E-state index in [1.54, 1.807) is 11.3 Å². The van der Waals surface area contributed by atoms with E-state index in [0.717, 1.165) is 36.8 Å². The number of carbonyl (C=O) groups is 1. The molecule has 0 spiro atoms. The summed E-state index contributed by atoms with van der Waals surface area (Å²) in [6, 6.07) is 5.86. The van der Waals surface area contributed by atoms with Crippen molar-refractivity contribution in [2.75, 3.05) is 11.1 Å². The van der Waals surface area contributed by atoms with Gasteiger partial charge in [-0.1, -0.05) is 17.8 Å². The Balaban J connectivity index is 1.77. The van der Waals surface area contributed by atoms with Gasteiger partial charge in [-0.25, -0.2) is 9.97 Å². The van der Waals surface area contributed by atoms with Gasteiger partial charge in [-0.05, 0) is 66.9 Å². The number of thioether (sulfide) groups is 1. The Morgan fingerprint density at radius 3 is 2.72 bits per heavy atom. The smallest absolute Gasteiger partial charge is 0.234 e. The van der Waals surface area contributed by atoms with Crippen molar-refractivity contribution >= 4 is 60.8 Å². The first-order chi connectivity index (χ1) is 11.8. The summed E-state index contributed by atoms with van der Waals surface area (Å²) in [5, 5.41) is 4.89. The Morgan fingerprint density at radius 1 is 1.24 bits per heavy atom. The summed E-state index contributed by atoms with van der Waals surface area (Å²) in [6.45, 7) is 8.07. The SMILES string of the molecule is Cc1ccc(NC(=O)CSc2nc(C)nc3sc(C)c(C)c23)c(Br)c1. The molecule has 3 aromatic rings. The summed E-state index contributed by atoms with van der Waals surface area (Å²) in [6.07, 6.45) is 0. The number of aryl methyl sites for hydroxylation is 4. The molecule has 3 rings (SSSR count). The molecule has 0 unspecified atom stereocenters. The molecule has 4 nitrogen and oxygen atoms in total. The van der Waals surface area contributed by atoms with Crippen LogP contribution in [-0.2, 0) is 4.79 Å². The van der Waals surface area contributed by atoms with Gasteiger partial charge in [0, 0.05) is 14.7 Å². The Hall–Kier alpha value is -1.44. The number of hydrogen-bond acceptors (Lipinski definition) is 5. The Morgan fingerprint density at radius 2 is 2.00 bits per heavy atom. The largest absolute Gasteiger partial charge is 0.324 e. The van der Waals surface area contributed by atoms with Crippen LogP contribution in [0.15, 0.2) is 27.7 Å². The first kappa shape index (κ1) is 18.4. The second-order valence-corrected chi connectivity index (χ2v) is 8.88. The Bertz CT molecular complexity index is 969. The molecule has 2 aromatic heterocycles. The predicted octanol–water partition coefficient (Wildman–Crippen LogP) is 5.42. The lowest BCUT2D eigenvalue weighted by molar-refractivity contribution is -0.113. The molecule has 0 atom stereocenters. The van der Waals surface area contributed by atoms with Gasteiger partial charge in [-0.3, -0.25) is 4.79 Å². The van der Waals surface area contributed by atoms with Crippen molar-refractivity contribution in [3.05, 3.63) is 44.5 Å². The fraction of sp³-hybridized carbons (Fsp3) is 0.278. The Kier molecular flexibility index (Phi) is 5.46. The molecule has 0 radical (unpaired) electrons. The molecule has 0 fully saturated rings. The maximum absolute atomic E-state index is 12.3. The first-order valence-electron chi connectivity index (χ1n) is 7.78. The first-order valence-corrected chi connectivity index (χ1v) is 10.4. The summed E-state index contributed by atoms with van der Waals surface area (Å²) in [5.74, 6) is 0.988. The number of nitrogens with one attached hydrogen (secondary N) is 1. The van der Waals surface area contributed by atoms with E-state index in [-0.39, 0.29) is 5.91 Å². The number of anilines is 1. The number of carbonyl (C=O) groups excluding carboxylic acids is 1. The second kappa shape index (κ2) is 7.43. The minimum absolute atomic E-state index is 0.0522. The van der Waals surface area contributed by atoms with Crippen LogP contribution in [0.2, 0.25) is 0 Å². The third kappa shape index (κ3) is 4.04. The van der Waals surface area contributed by atoms with E-state index >= 15 is 0 Å². The van der Waals surface area contributed by atoms with Crippen LogP contribution in [0.1, 0.15) is 21.8 Å². The molecular weight excluding hydrogens is 418 g/mol. The number of aromatic nitrogens is 2. The van der Waals surface area contributed by atoms with Crippen molar-refractivity contribution in [3.8, 4) is 0 Å². The van der Waals surface area contributed by atoms with Crippen LogP contribution in [0.3, 0.4) is 0 Å². The van der Waals surface area contributed by atoms with Gasteiger partial charge in [0.2, 0.25) is 5.91 Å². The van der Waals surface area contributed by atoms with Crippen LogP contribution in [-0.4, -0.2) is 21.6 Å².